The number of aromatic nitrogens is 2. The third-order valence-corrected chi connectivity index (χ3v) is 4.82. The van der Waals surface area contributed by atoms with E-state index in [2.05, 4.69) is 9.97 Å². The van der Waals surface area contributed by atoms with Crippen LogP contribution in [0.2, 0.25) is 0 Å². The normalized spacial score (nSPS) is 26.3. The zero-order valence-corrected chi connectivity index (χ0v) is 13.9. The van der Waals surface area contributed by atoms with Crippen molar-refractivity contribution in [2.24, 2.45) is 0 Å². The van der Waals surface area contributed by atoms with Gasteiger partial charge in [0.05, 0.1) is 29.8 Å². The maximum Gasteiger partial charge on any atom is 0.323 e. The lowest BCUT2D eigenvalue weighted by Gasteiger charge is -2.37. The zero-order valence-electron chi connectivity index (χ0n) is 13.9. The molecule has 0 aliphatic carbocycles. The molecule has 4 atom stereocenters. The maximum atomic E-state index is 11.4. The minimum atomic E-state index is -1.06. The molecule has 3 aromatic rings. The lowest BCUT2D eigenvalue weighted by molar-refractivity contribution is -0.179. The molecular formula is C19H20N2O5. The Labute approximate surface area is 148 Å². The van der Waals surface area contributed by atoms with Gasteiger partial charge in [-0.2, -0.15) is 0 Å². The smallest absolute Gasteiger partial charge is 0.323 e. The number of nitrogens with one attached hydrogen (secondary N) is 2. The van der Waals surface area contributed by atoms with Crippen LogP contribution in [0.4, 0.5) is 0 Å². The number of imidazole rings is 1. The number of aliphatic hydroxyl groups excluding tert-OH is 3. The predicted molar refractivity (Wildman–Crippen MR) is 95.7 cm³/mol. The van der Waals surface area contributed by atoms with Gasteiger partial charge in [-0.05, 0) is 34.9 Å². The summed E-state index contributed by atoms with van der Waals surface area (Å²) in [5, 5.41) is 29.7. The number of ether oxygens (including phenoxy) is 1. The average molecular weight is 356 g/mol. The van der Waals surface area contributed by atoms with E-state index in [0.29, 0.717) is 5.52 Å². The van der Waals surface area contributed by atoms with Gasteiger partial charge in [-0.25, -0.2) is 4.79 Å². The number of hydrogen-bond acceptors (Lipinski definition) is 5. The summed E-state index contributed by atoms with van der Waals surface area (Å²) in [5.74, 6) is 0. The highest BCUT2D eigenvalue weighted by Gasteiger charge is 2.37. The second-order valence-electron chi connectivity index (χ2n) is 6.62. The third-order valence-electron chi connectivity index (χ3n) is 4.82. The van der Waals surface area contributed by atoms with Crippen LogP contribution in [0, 0.1) is 0 Å². The monoisotopic (exact) mass is 356 g/mol. The van der Waals surface area contributed by atoms with E-state index in [-0.39, 0.29) is 18.7 Å². The molecule has 1 aliphatic heterocycles. The van der Waals surface area contributed by atoms with Crippen molar-refractivity contribution >= 4 is 11.0 Å². The molecule has 3 unspecified atom stereocenters. The van der Waals surface area contributed by atoms with Crippen molar-refractivity contribution in [3.8, 4) is 11.1 Å². The Balaban J connectivity index is 1.70. The van der Waals surface area contributed by atoms with Crippen LogP contribution < -0.4 is 5.69 Å². The van der Waals surface area contributed by atoms with Gasteiger partial charge in [-0.3, -0.25) is 0 Å². The Bertz CT molecular complexity index is 979. The van der Waals surface area contributed by atoms with E-state index in [1.54, 1.807) is 0 Å². The lowest BCUT2D eigenvalue weighted by Crippen LogP contribution is -2.44. The van der Waals surface area contributed by atoms with Crippen molar-refractivity contribution in [3.05, 3.63) is 58.5 Å². The summed E-state index contributed by atoms with van der Waals surface area (Å²) in [6, 6.07) is 13.1. The standard InChI is InChI=1S/C19H20N2O5/c22-9-13-8-16(23)17(24)18(26-13)12-3-1-2-10(6-12)11-4-5-14-15(7-11)21-19(25)20-14/h1-7,13,16-18,22-24H,8-9H2,(H2,20,21,25)/t13?,16?,17?,18-/m1/s1. The van der Waals surface area contributed by atoms with Gasteiger partial charge in [0, 0.05) is 6.42 Å². The van der Waals surface area contributed by atoms with Crippen LogP contribution in [0.1, 0.15) is 18.1 Å². The molecule has 1 fully saturated rings. The van der Waals surface area contributed by atoms with E-state index in [1.165, 1.54) is 0 Å². The molecule has 2 aromatic carbocycles. The molecule has 5 N–H and O–H groups in total. The fourth-order valence-corrected chi connectivity index (χ4v) is 3.45. The van der Waals surface area contributed by atoms with Gasteiger partial charge < -0.3 is 30.0 Å². The molecule has 7 heteroatoms. The SMILES string of the molecule is O=c1[nH]c2ccc(-c3cccc([C@H]4OC(CO)CC(O)C4O)c3)cc2[nH]1. The number of H-pyrrole nitrogens is 2. The first-order valence-electron chi connectivity index (χ1n) is 8.50. The number of fused-ring (bicyclic) bond motifs is 1. The Kier molecular flexibility index (Phi) is 4.37. The van der Waals surface area contributed by atoms with E-state index in [9.17, 15) is 20.1 Å². The van der Waals surface area contributed by atoms with Crippen molar-refractivity contribution in [1.29, 1.82) is 0 Å². The van der Waals surface area contributed by atoms with Crippen molar-refractivity contribution in [1.82, 2.24) is 9.97 Å². The Hall–Kier alpha value is -2.45. The zero-order chi connectivity index (χ0) is 18.3. The van der Waals surface area contributed by atoms with Crippen molar-refractivity contribution in [3.63, 3.8) is 0 Å². The average Bonchev–Trinajstić information content (AvgIpc) is 3.03. The highest BCUT2D eigenvalue weighted by atomic mass is 16.5. The summed E-state index contributed by atoms with van der Waals surface area (Å²) in [4.78, 5) is 16.9. The maximum absolute atomic E-state index is 11.4. The molecule has 4 rings (SSSR count). The lowest BCUT2D eigenvalue weighted by atomic mass is 9.91. The minimum absolute atomic E-state index is 0.200. The van der Waals surface area contributed by atoms with Gasteiger partial charge >= 0.3 is 5.69 Å². The van der Waals surface area contributed by atoms with E-state index >= 15 is 0 Å². The fraction of sp³-hybridized carbons (Fsp3) is 0.316. The quantitative estimate of drug-likeness (QED) is 0.481. The molecule has 1 aliphatic rings. The summed E-state index contributed by atoms with van der Waals surface area (Å²) < 4.78 is 5.76. The van der Waals surface area contributed by atoms with Crippen LogP contribution in [-0.2, 0) is 4.74 Å². The van der Waals surface area contributed by atoms with Crippen LogP contribution in [0.25, 0.3) is 22.2 Å². The van der Waals surface area contributed by atoms with Crippen molar-refractivity contribution < 1.29 is 20.1 Å². The van der Waals surface area contributed by atoms with Crippen molar-refractivity contribution in [2.45, 2.75) is 30.8 Å². The molecule has 1 saturated heterocycles. The van der Waals surface area contributed by atoms with Crippen LogP contribution in [0.5, 0.6) is 0 Å². The van der Waals surface area contributed by atoms with Crippen LogP contribution in [-0.4, -0.2) is 50.2 Å². The molecular weight excluding hydrogens is 336 g/mol. The Morgan fingerprint density at radius 2 is 1.81 bits per heavy atom. The van der Waals surface area contributed by atoms with E-state index in [0.717, 1.165) is 22.2 Å². The second kappa shape index (κ2) is 6.69. The first-order chi connectivity index (χ1) is 12.5. The third kappa shape index (κ3) is 3.06. The van der Waals surface area contributed by atoms with Gasteiger partial charge in [0.2, 0.25) is 0 Å². The number of aliphatic hydroxyl groups is 3. The molecule has 0 bridgehead atoms. The highest BCUT2D eigenvalue weighted by molar-refractivity contribution is 5.81. The molecule has 1 aromatic heterocycles. The van der Waals surface area contributed by atoms with Gasteiger partial charge in [0.1, 0.15) is 12.2 Å². The van der Waals surface area contributed by atoms with Gasteiger partial charge in [0.25, 0.3) is 0 Å². The minimum Gasteiger partial charge on any atom is -0.394 e. The number of rotatable bonds is 3. The highest BCUT2D eigenvalue weighted by Crippen LogP contribution is 2.34. The molecule has 26 heavy (non-hydrogen) atoms. The van der Waals surface area contributed by atoms with E-state index in [1.807, 2.05) is 42.5 Å². The topological polar surface area (TPSA) is 119 Å². The molecule has 136 valence electrons. The molecule has 7 nitrogen and oxygen atoms in total. The molecule has 0 amide bonds. The van der Waals surface area contributed by atoms with Gasteiger partial charge in [-0.15, -0.1) is 0 Å². The largest absolute Gasteiger partial charge is 0.394 e. The van der Waals surface area contributed by atoms with Gasteiger partial charge in [-0.1, -0.05) is 24.3 Å². The summed E-state index contributed by atoms with van der Waals surface area (Å²) in [7, 11) is 0. The van der Waals surface area contributed by atoms with Crippen molar-refractivity contribution in [2.75, 3.05) is 6.61 Å². The molecule has 0 saturated carbocycles. The predicted octanol–water partition coefficient (Wildman–Crippen LogP) is 1.07. The summed E-state index contributed by atoms with van der Waals surface area (Å²) in [6.07, 6.45) is -3.03. The van der Waals surface area contributed by atoms with E-state index in [4.69, 9.17) is 4.74 Å². The van der Waals surface area contributed by atoms with E-state index < -0.39 is 24.4 Å². The first kappa shape index (κ1) is 17.0. The van der Waals surface area contributed by atoms with Crippen LogP contribution in [0.3, 0.4) is 0 Å². The van der Waals surface area contributed by atoms with Crippen LogP contribution in [0.15, 0.2) is 47.3 Å². The Morgan fingerprint density at radius 1 is 1.04 bits per heavy atom. The van der Waals surface area contributed by atoms with Gasteiger partial charge in [0.15, 0.2) is 0 Å². The molecule has 0 spiro atoms. The first-order valence-corrected chi connectivity index (χ1v) is 8.50. The number of aromatic amines is 2. The fourth-order valence-electron chi connectivity index (χ4n) is 3.45. The number of hydrogen-bond donors (Lipinski definition) is 5. The van der Waals surface area contributed by atoms with Crippen LogP contribution >= 0.6 is 0 Å². The second-order valence-corrected chi connectivity index (χ2v) is 6.62. The summed E-state index contributed by atoms with van der Waals surface area (Å²) in [6.45, 7) is -0.211. The summed E-state index contributed by atoms with van der Waals surface area (Å²) in [5.41, 5.74) is 3.70. The number of benzene rings is 2. The Morgan fingerprint density at radius 3 is 2.62 bits per heavy atom. The molecule has 0 radical (unpaired) electrons. The summed E-state index contributed by atoms with van der Waals surface area (Å²) >= 11 is 0. The molecule has 2 heterocycles.